The molecule has 5 heteroatoms. The largest absolute Gasteiger partial charge is 0.480 e. The number of hydrogen-bond donors (Lipinski definition) is 1. The molecule has 19 heavy (non-hydrogen) atoms. The van der Waals surface area contributed by atoms with E-state index in [9.17, 15) is 14.7 Å². The summed E-state index contributed by atoms with van der Waals surface area (Å²) in [4.78, 5) is 25.0. The average Bonchev–Trinajstić information content (AvgIpc) is 2.42. The predicted molar refractivity (Wildman–Crippen MR) is 71.1 cm³/mol. The lowest BCUT2D eigenvalue weighted by atomic mass is 10.1. The molecule has 1 unspecified atom stereocenters. The van der Waals surface area contributed by atoms with Gasteiger partial charge in [0.15, 0.2) is 6.04 Å². The summed E-state index contributed by atoms with van der Waals surface area (Å²) in [7, 11) is 1.42. The van der Waals surface area contributed by atoms with E-state index in [-0.39, 0.29) is 12.5 Å². The van der Waals surface area contributed by atoms with Crippen molar-refractivity contribution in [3.05, 3.63) is 35.9 Å². The Hall–Kier alpha value is -1.88. The lowest BCUT2D eigenvalue weighted by Crippen LogP contribution is -2.48. The number of carboxylic acids is 1. The van der Waals surface area contributed by atoms with Gasteiger partial charge in [0.05, 0.1) is 6.61 Å². The molecule has 0 aromatic heterocycles. The molecule has 104 valence electrons. The first-order valence-electron chi connectivity index (χ1n) is 6.19. The number of amides is 1. The molecule has 0 aliphatic heterocycles. The highest BCUT2D eigenvalue weighted by atomic mass is 16.5. The van der Waals surface area contributed by atoms with E-state index in [1.807, 2.05) is 13.0 Å². The summed E-state index contributed by atoms with van der Waals surface area (Å²) in [6, 6.07) is 7.71. The van der Waals surface area contributed by atoms with E-state index in [0.717, 1.165) is 0 Å². The number of nitrogens with zero attached hydrogens (tertiary/aromatic N) is 1. The summed E-state index contributed by atoms with van der Waals surface area (Å²) in [6.07, 6.45) is 0.687. The number of benzene rings is 1. The van der Waals surface area contributed by atoms with Gasteiger partial charge in [-0.2, -0.15) is 0 Å². The van der Waals surface area contributed by atoms with Gasteiger partial charge in [-0.3, -0.25) is 4.79 Å². The van der Waals surface area contributed by atoms with Crippen LogP contribution in [0.2, 0.25) is 0 Å². The zero-order valence-corrected chi connectivity index (χ0v) is 11.2. The fourth-order valence-corrected chi connectivity index (χ4v) is 1.84. The fraction of sp³-hybridized carbons (Fsp3) is 0.429. The van der Waals surface area contributed by atoms with Crippen LogP contribution >= 0.6 is 0 Å². The second kappa shape index (κ2) is 7.53. The molecule has 1 atom stereocenters. The topological polar surface area (TPSA) is 66.8 Å². The Labute approximate surface area is 112 Å². The Balaban J connectivity index is 2.98. The van der Waals surface area contributed by atoms with Crippen LogP contribution < -0.4 is 0 Å². The zero-order chi connectivity index (χ0) is 14.3. The number of rotatable bonds is 7. The smallest absolute Gasteiger partial charge is 0.328 e. The molecule has 0 aliphatic carbocycles. The van der Waals surface area contributed by atoms with Crippen LogP contribution in [0.3, 0.4) is 0 Å². The standard InChI is InChI=1S/C14H19NO4/c1-3-9-15(12(10-19-2)14(17)18)13(16)11-7-5-4-6-8-11/h4-8,12H,3,9-10H2,1-2H3,(H,17,18). The maximum Gasteiger partial charge on any atom is 0.328 e. The van der Waals surface area contributed by atoms with Gasteiger partial charge in [-0.15, -0.1) is 0 Å². The molecular formula is C14H19NO4. The third kappa shape index (κ3) is 4.06. The number of carbonyl (C=O) groups is 2. The van der Waals surface area contributed by atoms with E-state index in [4.69, 9.17) is 4.74 Å². The van der Waals surface area contributed by atoms with Crippen molar-refractivity contribution in [2.45, 2.75) is 19.4 Å². The van der Waals surface area contributed by atoms with Crippen molar-refractivity contribution in [1.29, 1.82) is 0 Å². The molecule has 1 amide bonds. The lowest BCUT2D eigenvalue weighted by molar-refractivity contribution is -0.144. The van der Waals surface area contributed by atoms with Gasteiger partial charge in [-0.25, -0.2) is 4.79 Å². The minimum atomic E-state index is -1.06. The van der Waals surface area contributed by atoms with E-state index in [0.29, 0.717) is 18.5 Å². The molecule has 1 aromatic rings. The summed E-state index contributed by atoms with van der Waals surface area (Å²) in [5.74, 6) is -1.34. The molecular weight excluding hydrogens is 246 g/mol. The molecule has 0 bridgehead atoms. The monoisotopic (exact) mass is 265 g/mol. The molecule has 0 spiro atoms. The van der Waals surface area contributed by atoms with E-state index in [1.54, 1.807) is 24.3 Å². The predicted octanol–water partition coefficient (Wildman–Crippen LogP) is 1.64. The highest BCUT2D eigenvalue weighted by Crippen LogP contribution is 2.10. The number of hydrogen-bond acceptors (Lipinski definition) is 3. The van der Waals surface area contributed by atoms with Crippen LogP contribution in [0.15, 0.2) is 30.3 Å². The number of methoxy groups -OCH3 is 1. The second-order valence-electron chi connectivity index (χ2n) is 4.17. The quantitative estimate of drug-likeness (QED) is 0.813. The van der Waals surface area contributed by atoms with Crippen molar-refractivity contribution in [3.63, 3.8) is 0 Å². The molecule has 0 radical (unpaired) electrons. The fourth-order valence-electron chi connectivity index (χ4n) is 1.84. The molecule has 0 aliphatic rings. The van der Waals surface area contributed by atoms with Crippen molar-refractivity contribution >= 4 is 11.9 Å². The number of carboxylic acid groups (broad SMARTS) is 1. The van der Waals surface area contributed by atoms with E-state index >= 15 is 0 Å². The van der Waals surface area contributed by atoms with Gasteiger partial charge < -0.3 is 14.7 Å². The Kier molecular flexibility index (Phi) is 6.02. The molecule has 5 nitrogen and oxygen atoms in total. The van der Waals surface area contributed by atoms with Gasteiger partial charge in [0.25, 0.3) is 5.91 Å². The Morgan fingerprint density at radius 2 is 1.95 bits per heavy atom. The Bertz CT molecular complexity index is 419. The summed E-state index contributed by atoms with van der Waals surface area (Å²) in [6.45, 7) is 2.26. The average molecular weight is 265 g/mol. The summed E-state index contributed by atoms with van der Waals surface area (Å²) in [5, 5.41) is 9.22. The van der Waals surface area contributed by atoms with E-state index in [1.165, 1.54) is 12.0 Å². The van der Waals surface area contributed by atoms with Gasteiger partial charge in [-0.1, -0.05) is 25.1 Å². The highest BCUT2D eigenvalue weighted by Gasteiger charge is 2.29. The molecule has 0 heterocycles. The van der Waals surface area contributed by atoms with Crippen LogP contribution in [0, 0.1) is 0 Å². The number of ether oxygens (including phenoxy) is 1. The van der Waals surface area contributed by atoms with Crippen LogP contribution in [0.5, 0.6) is 0 Å². The van der Waals surface area contributed by atoms with Crippen molar-refractivity contribution in [3.8, 4) is 0 Å². The molecule has 0 fully saturated rings. The zero-order valence-electron chi connectivity index (χ0n) is 11.2. The highest BCUT2D eigenvalue weighted by molar-refractivity contribution is 5.96. The summed E-state index contributed by atoms with van der Waals surface area (Å²) >= 11 is 0. The van der Waals surface area contributed by atoms with Crippen molar-refractivity contribution in [2.75, 3.05) is 20.3 Å². The molecule has 1 aromatic carbocycles. The van der Waals surface area contributed by atoms with Gasteiger partial charge >= 0.3 is 5.97 Å². The Morgan fingerprint density at radius 3 is 2.42 bits per heavy atom. The summed E-state index contributed by atoms with van der Waals surface area (Å²) in [5.41, 5.74) is 0.485. The van der Waals surface area contributed by atoms with Gasteiger partial charge in [0.1, 0.15) is 0 Å². The maximum atomic E-state index is 12.4. The number of aliphatic carboxylic acids is 1. The number of carbonyl (C=O) groups excluding carboxylic acids is 1. The van der Waals surface area contributed by atoms with Crippen molar-refractivity contribution in [1.82, 2.24) is 4.90 Å². The SMILES string of the molecule is CCCN(C(=O)c1ccccc1)C(COC)C(=O)O. The molecule has 1 N–H and O–H groups in total. The normalized spacial score (nSPS) is 11.9. The van der Waals surface area contributed by atoms with E-state index in [2.05, 4.69) is 0 Å². The molecule has 0 saturated carbocycles. The second-order valence-corrected chi connectivity index (χ2v) is 4.17. The van der Waals surface area contributed by atoms with Gasteiger partial charge in [-0.05, 0) is 18.6 Å². The first-order valence-corrected chi connectivity index (χ1v) is 6.19. The minimum Gasteiger partial charge on any atom is -0.480 e. The van der Waals surface area contributed by atoms with Crippen LogP contribution in [0.4, 0.5) is 0 Å². The third-order valence-electron chi connectivity index (χ3n) is 2.73. The van der Waals surface area contributed by atoms with Gasteiger partial charge in [0, 0.05) is 19.2 Å². The van der Waals surface area contributed by atoms with Crippen LogP contribution in [0.25, 0.3) is 0 Å². The third-order valence-corrected chi connectivity index (χ3v) is 2.73. The summed E-state index contributed by atoms with van der Waals surface area (Å²) < 4.78 is 4.90. The van der Waals surface area contributed by atoms with Crippen molar-refractivity contribution < 1.29 is 19.4 Å². The first-order chi connectivity index (χ1) is 9.11. The Morgan fingerprint density at radius 1 is 1.32 bits per heavy atom. The molecule has 0 saturated heterocycles. The van der Waals surface area contributed by atoms with Gasteiger partial charge in [0.2, 0.25) is 0 Å². The molecule has 1 rings (SSSR count). The minimum absolute atomic E-state index is 0.0199. The van der Waals surface area contributed by atoms with Crippen LogP contribution in [-0.4, -0.2) is 48.2 Å². The van der Waals surface area contributed by atoms with Crippen LogP contribution in [-0.2, 0) is 9.53 Å². The first kappa shape index (κ1) is 15.2. The maximum absolute atomic E-state index is 12.4. The van der Waals surface area contributed by atoms with Crippen LogP contribution in [0.1, 0.15) is 23.7 Å². The van der Waals surface area contributed by atoms with E-state index < -0.39 is 12.0 Å². The van der Waals surface area contributed by atoms with Crippen molar-refractivity contribution in [2.24, 2.45) is 0 Å². The lowest BCUT2D eigenvalue weighted by Gasteiger charge is -2.28.